The highest BCUT2D eigenvalue weighted by Gasteiger charge is 2.54. The summed E-state index contributed by atoms with van der Waals surface area (Å²) < 4.78 is 5.31. The molecule has 1 aliphatic carbocycles. The second kappa shape index (κ2) is 6.27. The van der Waals surface area contributed by atoms with Crippen LogP contribution in [-0.2, 0) is 23.3 Å². The van der Waals surface area contributed by atoms with Crippen LogP contribution in [0.5, 0.6) is 0 Å². The highest BCUT2D eigenvalue weighted by atomic mass is 32.1. The maximum absolute atomic E-state index is 13.2. The van der Waals surface area contributed by atoms with Crippen LogP contribution in [0, 0.1) is 6.92 Å². The number of aromatic nitrogens is 2. The molecule has 5 rings (SSSR count). The highest BCUT2D eigenvalue weighted by molar-refractivity contribution is 7.10. The minimum atomic E-state index is -0.954. The SMILES string of the molecule is Cc1ccc(-c2noc(CN3C(=O)N[C@]4(CCCc5sccc54)C3=O)n2)cc1. The Bertz CT molecular complexity index is 1070. The van der Waals surface area contributed by atoms with Crippen LogP contribution < -0.4 is 5.32 Å². The number of nitrogens with one attached hydrogen (secondary N) is 1. The second-order valence-corrected chi connectivity index (χ2v) is 8.22. The van der Waals surface area contributed by atoms with Crippen LogP contribution in [0.2, 0.25) is 0 Å². The lowest BCUT2D eigenvalue weighted by Gasteiger charge is -2.31. The number of carbonyl (C=O) groups is 2. The zero-order valence-electron chi connectivity index (χ0n) is 15.3. The Morgan fingerprint density at radius 3 is 2.89 bits per heavy atom. The van der Waals surface area contributed by atoms with Gasteiger partial charge in [-0.2, -0.15) is 4.98 Å². The van der Waals surface area contributed by atoms with E-state index >= 15 is 0 Å². The number of hydrogen-bond acceptors (Lipinski definition) is 6. The standard InChI is InChI=1S/C20H18N4O3S/c1-12-4-6-13(7-5-12)17-21-16(27-23-17)11-24-18(25)20(22-19(24)26)9-2-3-15-14(20)8-10-28-15/h4-8,10H,2-3,9,11H2,1H3,(H,22,26)/t20-/m0/s1. The number of thiophene rings is 1. The van der Waals surface area contributed by atoms with Gasteiger partial charge in [0, 0.05) is 16.0 Å². The summed E-state index contributed by atoms with van der Waals surface area (Å²) in [6.07, 6.45) is 2.42. The van der Waals surface area contributed by atoms with Crippen molar-refractivity contribution in [1.29, 1.82) is 0 Å². The minimum absolute atomic E-state index is 0.0370. The van der Waals surface area contributed by atoms with Crippen LogP contribution >= 0.6 is 11.3 Å². The van der Waals surface area contributed by atoms with Crippen LogP contribution in [0.15, 0.2) is 40.2 Å². The molecular weight excluding hydrogens is 376 g/mol. The number of carbonyl (C=O) groups excluding carboxylic acids is 2. The molecule has 2 aromatic heterocycles. The third-order valence-electron chi connectivity index (χ3n) is 5.41. The number of rotatable bonds is 3. The summed E-state index contributed by atoms with van der Waals surface area (Å²) in [4.78, 5) is 32.6. The van der Waals surface area contributed by atoms with E-state index in [0.717, 1.165) is 29.5 Å². The topological polar surface area (TPSA) is 88.3 Å². The van der Waals surface area contributed by atoms with Crippen LogP contribution in [0.4, 0.5) is 4.79 Å². The fourth-order valence-corrected chi connectivity index (χ4v) is 4.96. The number of hydrogen-bond donors (Lipinski definition) is 1. The Balaban J connectivity index is 1.41. The number of aryl methyl sites for hydroxylation is 2. The van der Waals surface area contributed by atoms with Crippen molar-refractivity contribution in [2.24, 2.45) is 0 Å². The Morgan fingerprint density at radius 2 is 2.07 bits per heavy atom. The van der Waals surface area contributed by atoms with Gasteiger partial charge in [-0.25, -0.2) is 4.79 Å². The van der Waals surface area contributed by atoms with Gasteiger partial charge < -0.3 is 9.84 Å². The molecule has 1 aromatic carbocycles. The maximum atomic E-state index is 13.2. The van der Waals surface area contributed by atoms with Gasteiger partial charge in [0.15, 0.2) is 0 Å². The van der Waals surface area contributed by atoms with Crippen molar-refractivity contribution in [2.75, 3.05) is 0 Å². The van der Waals surface area contributed by atoms with Gasteiger partial charge in [0.25, 0.3) is 5.91 Å². The number of benzene rings is 1. The molecule has 1 fully saturated rings. The summed E-state index contributed by atoms with van der Waals surface area (Å²) in [5.41, 5.74) is 1.93. The van der Waals surface area contributed by atoms with Gasteiger partial charge in [0.05, 0.1) is 0 Å². The molecule has 0 bridgehead atoms. The Kier molecular flexibility index (Phi) is 3.83. The molecule has 0 unspecified atom stereocenters. The van der Waals surface area contributed by atoms with Crippen molar-refractivity contribution in [3.05, 3.63) is 57.6 Å². The quantitative estimate of drug-likeness (QED) is 0.688. The Labute approximate surface area is 165 Å². The Hall–Kier alpha value is -3.00. The highest BCUT2D eigenvalue weighted by Crippen LogP contribution is 2.42. The number of imide groups is 1. The zero-order chi connectivity index (χ0) is 19.3. The first kappa shape index (κ1) is 17.1. The summed E-state index contributed by atoms with van der Waals surface area (Å²) in [6, 6.07) is 9.28. The van der Waals surface area contributed by atoms with Crippen LogP contribution in [0.3, 0.4) is 0 Å². The third kappa shape index (κ3) is 2.56. The fourth-order valence-electron chi connectivity index (χ4n) is 3.96. The lowest BCUT2D eigenvalue weighted by molar-refractivity contribution is -0.132. The van der Waals surface area contributed by atoms with Crippen LogP contribution in [0.25, 0.3) is 11.4 Å². The predicted octanol–water partition coefficient (Wildman–Crippen LogP) is 3.39. The van der Waals surface area contributed by atoms with E-state index in [1.54, 1.807) is 11.3 Å². The number of urea groups is 1. The van der Waals surface area contributed by atoms with Gasteiger partial charge in [-0.15, -0.1) is 11.3 Å². The van der Waals surface area contributed by atoms with E-state index in [1.165, 1.54) is 9.78 Å². The predicted molar refractivity (Wildman–Crippen MR) is 102 cm³/mol. The minimum Gasteiger partial charge on any atom is -0.337 e. The summed E-state index contributed by atoms with van der Waals surface area (Å²) in [5, 5.41) is 8.89. The van der Waals surface area contributed by atoms with E-state index in [1.807, 2.05) is 42.6 Å². The van der Waals surface area contributed by atoms with Gasteiger partial charge in [0.2, 0.25) is 11.7 Å². The van der Waals surface area contributed by atoms with Gasteiger partial charge >= 0.3 is 6.03 Å². The molecule has 0 saturated carbocycles. The molecule has 1 saturated heterocycles. The molecule has 8 heteroatoms. The molecule has 3 amide bonds. The van der Waals surface area contributed by atoms with Gasteiger partial charge in [-0.1, -0.05) is 35.0 Å². The smallest absolute Gasteiger partial charge is 0.325 e. The number of fused-ring (bicyclic) bond motifs is 2. The molecule has 0 radical (unpaired) electrons. The normalized spacial score (nSPS) is 21.2. The molecule has 2 aliphatic rings. The van der Waals surface area contributed by atoms with E-state index in [9.17, 15) is 9.59 Å². The van der Waals surface area contributed by atoms with Crippen LogP contribution in [0.1, 0.15) is 34.7 Å². The molecular formula is C20H18N4O3S. The maximum Gasteiger partial charge on any atom is 0.325 e. The summed E-state index contributed by atoms with van der Waals surface area (Å²) in [6.45, 7) is 1.97. The number of nitrogens with zero attached hydrogens (tertiary/aromatic N) is 3. The average molecular weight is 394 g/mol. The fraction of sp³-hybridized carbons (Fsp3) is 0.300. The first-order chi connectivity index (χ1) is 13.6. The van der Waals surface area contributed by atoms with E-state index in [-0.39, 0.29) is 18.3 Å². The molecule has 3 aromatic rings. The third-order valence-corrected chi connectivity index (χ3v) is 6.39. The van der Waals surface area contributed by atoms with Crippen LogP contribution in [-0.4, -0.2) is 27.0 Å². The van der Waals surface area contributed by atoms with Gasteiger partial charge in [0.1, 0.15) is 12.1 Å². The first-order valence-corrected chi connectivity index (χ1v) is 10.1. The van der Waals surface area contributed by atoms with Crippen molar-refractivity contribution >= 4 is 23.3 Å². The van der Waals surface area contributed by atoms with Crippen molar-refractivity contribution in [2.45, 2.75) is 38.3 Å². The van der Waals surface area contributed by atoms with Gasteiger partial charge in [-0.3, -0.25) is 9.69 Å². The molecule has 3 heterocycles. The molecule has 1 spiro atoms. The number of amides is 3. The van der Waals surface area contributed by atoms with E-state index in [0.29, 0.717) is 12.2 Å². The van der Waals surface area contributed by atoms with Crippen molar-refractivity contribution in [1.82, 2.24) is 20.4 Å². The molecule has 7 nitrogen and oxygen atoms in total. The average Bonchev–Trinajstić information content (AvgIpc) is 3.40. The molecule has 142 valence electrons. The zero-order valence-corrected chi connectivity index (χ0v) is 16.1. The second-order valence-electron chi connectivity index (χ2n) is 7.22. The molecule has 1 N–H and O–H groups in total. The molecule has 1 aliphatic heterocycles. The van der Waals surface area contributed by atoms with E-state index < -0.39 is 11.6 Å². The van der Waals surface area contributed by atoms with Crippen molar-refractivity contribution in [3.63, 3.8) is 0 Å². The summed E-state index contributed by atoms with van der Waals surface area (Å²) in [5.74, 6) is 0.430. The largest absolute Gasteiger partial charge is 0.337 e. The van der Waals surface area contributed by atoms with Gasteiger partial charge in [-0.05, 0) is 37.6 Å². The lowest BCUT2D eigenvalue weighted by Crippen LogP contribution is -2.46. The Morgan fingerprint density at radius 1 is 1.25 bits per heavy atom. The van der Waals surface area contributed by atoms with Crippen molar-refractivity contribution in [3.8, 4) is 11.4 Å². The summed E-state index contributed by atoms with van der Waals surface area (Å²) in [7, 11) is 0. The summed E-state index contributed by atoms with van der Waals surface area (Å²) >= 11 is 1.63. The van der Waals surface area contributed by atoms with Crippen molar-refractivity contribution < 1.29 is 14.1 Å². The molecule has 28 heavy (non-hydrogen) atoms. The van der Waals surface area contributed by atoms with E-state index in [2.05, 4.69) is 15.5 Å². The first-order valence-electron chi connectivity index (χ1n) is 9.17. The monoisotopic (exact) mass is 394 g/mol. The lowest BCUT2D eigenvalue weighted by atomic mass is 9.80. The van der Waals surface area contributed by atoms with E-state index in [4.69, 9.17) is 4.52 Å². The molecule has 1 atom stereocenters.